The van der Waals surface area contributed by atoms with Gasteiger partial charge < -0.3 is 25.0 Å². The van der Waals surface area contributed by atoms with Crippen molar-refractivity contribution in [1.82, 2.24) is 14.8 Å². The first-order valence-electron chi connectivity index (χ1n) is 15.8. The fourth-order valence-electron chi connectivity index (χ4n) is 4.99. The van der Waals surface area contributed by atoms with Gasteiger partial charge in [-0.25, -0.2) is 9.59 Å². The van der Waals surface area contributed by atoms with Gasteiger partial charge in [-0.15, -0.1) is 0 Å². The lowest BCUT2D eigenvalue weighted by atomic mass is 10.2. The van der Waals surface area contributed by atoms with Crippen LogP contribution in [0.3, 0.4) is 0 Å². The van der Waals surface area contributed by atoms with Crippen LogP contribution >= 0.6 is 0 Å². The lowest BCUT2D eigenvalue weighted by Crippen LogP contribution is -2.37. The monoisotopic (exact) mass is 630 g/mol. The number of carbonyl (C=O) groups is 3. The first-order valence-corrected chi connectivity index (χ1v) is 15.8. The van der Waals surface area contributed by atoms with Gasteiger partial charge in [0.2, 0.25) is 0 Å². The maximum atomic E-state index is 13.4. The second-order valence-corrected chi connectivity index (χ2v) is 12.4. The molecule has 0 spiro atoms. The van der Waals surface area contributed by atoms with Gasteiger partial charge in [-0.1, -0.05) is 36.8 Å². The van der Waals surface area contributed by atoms with Crippen LogP contribution in [0.1, 0.15) is 61.6 Å². The molecule has 1 aliphatic rings. The smallest absolute Gasteiger partial charge is 0.412 e. The highest BCUT2D eigenvalue weighted by Gasteiger charge is 2.19. The summed E-state index contributed by atoms with van der Waals surface area (Å²) in [6, 6.07) is 17.8. The van der Waals surface area contributed by atoms with Crippen molar-refractivity contribution in [3.05, 3.63) is 83.7 Å². The van der Waals surface area contributed by atoms with Crippen LogP contribution in [0.5, 0.6) is 0 Å². The minimum absolute atomic E-state index is 0.185. The Morgan fingerprint density at radius 2 is 1.65 bits per heavy atom. The highest BCUT2D eigenvalue weighted by atomic mass is 16.6. The summed E-state index contributed by atoms with van der Waals surface area (Å²) in [4.78, 5) is 47.3. The van der Waals surface area contributed by atoms with Gasteiger partial charge in [-0.2, -0.15) is 0 Å². The highest BCUT2D eigenvalue weighted by Crippen LogP contribution is 2.23. The second-order valence-electron chi connectivity index (χ2n) is 12.4. The molecule has 1 saturated heterocycles. The van der Waals surface area contributed by atoms with Crippen molar-refractivity contribution in [2.75, 3.05) is 55.3 Å². The first-order chi connectivity index (χ1) is 22.1. The number of nitrogens with one attached hydrogen (secondary N) is 3. The fourth-order valence-corrected chi connectivity index (χ4v) is 4.99. The molecule has 46 heavy (non-hydrogen) atoms. The van der Waals surface area contributed by atoms with Crippen molar-refractivity contribution in [1.29, 1.82) is 0 Å². The zero-order valence-corrected chi connectivity index (χ0v) is 27.3. The third kappa shape index (κ3) is 11.5. The third-order valence-electron chi connectivity index (χ3n) is 7.30. The summed E-state index contributed by atoms with van der Waals surface area (Å²) in [5.41, 5.74) is 2.97. The summed E-state index contributed by atoms with van der Waals surface area (Å²) in [5.74, 6) is -0.431. The largest absolute Gasteiger partial charge is 0.444 e. The normalized spacial score (nSPS) is 13.5. The molecule has 0 unspecified atom stereocenters. The Bertz CT molecular complexity index is 1450. The molecule has 3 N–H and O–H groups in total. The average molecular weight is 631 g/mol. The van der Waals surface area contributed by atoms with Crippen molar-refractivity contribution >= 4 is 35.1 Å². The molecule has 1 aromatic heterocycles. The number of urea groups is 1. The average Bonchev–Trinajstić information content (AvgIpc) is 3.01. The molecule has 0 saturated carbocycles. The summed E-state index contributed by atoms with van der Waals surface area (Å²) in [7, 11) is 0. The Kier molecular flexibility index (Phi) is 12.5. The van der Waals surface area contributed by atoms with Gasteiger partial charge in [0.05, 0.1) is 24.6 Å². The number of ether oxygens (including phenoxy) is 2. The summed E-state index contributed by atoms with van der Waals surface area (Å²) in [6.07, 6.45) is 3.94. The number of amides is 4. The van der Waals surface area contributed by atoms with Gasteiger partial charge in [0, 0.05) is 38.1 Å². The Balaban J connectivity index is 1.36. The van der Waals surface area contributed by atoms with Crippen molar-refractivity contribution in [2.24, 2.45) is 0 Å². The summed E-state index contributed by atoms with van der Waals surface area (Å²) >= 11 is 0. The van der Waals surface area contributed by atoms with Gasteiger partial charge >= 0.3 is 12.1 Å². The predicted octanol–water partition coefficient (Wildman–Crippen LogP) is 6.53. The minimum Gasteiger partial charge on any atom is -0.444 e. The first kappa shape index (κ1) is 34.4. The number of pyridine rings is 1. The van der Waals surface area contributed by atoms with E-state index in [0.29, 0.717) is 24.5 Å². The number of morpholine rings is 1. The molecule has 0 atom stereocenters. The molecule has 1 aliphatic heterocycles. The molecule has 4 rings (SSSR count). The molecule has 2 aromatic carbocycles. The van der Waals surface area contributed by atoms with Crippen LogP contribution in [-0.2, 0) is 16.0 Å². The van der Waals surface area contributed by atoms with Crippen molar-refractivity contribution < 1.29 is 23.9 Å². The SMILES string of the molecule is Cc1cccc(NC(=O)N(CCCCCN2CCOCC2)Cc2ccc(C(=O)Nc3ccccc3NC(=O)OC(C)(C)C)nc2)c1. The topological polar surface area (TPSA) is 125 Å². The zero-order valence-electron chi connectivity index (χ0n) is 27.3. The zero-order chi connectivity index (χ0) is 32.9. The molecule has 11 nitrogen and oxygen atoms in total. The van der Waals surface area contributed by atoms with E-state index in [1.165, 1.54) is 0 Å². The van der Waals surface area contributed by atoms with E-state index < -0.39 is 17.6 Å². The number of anilines is 3. The lowest BCUT2D eigenvalue weighted by Gasteiger charge is -2.27. The number of aryl methyl sites for hydroxylation is 1. The van der Waals surface area contributed by atoms with E-state index in [-0.39, 0.29) is 11.7 Å². The summed E-state index contributed by atoms with van der Waals surface area (Å²) in [5, 5.41) is 8.52. The van der Waals surface area contributed by atoms with E-state index in [1.54, 1.807) is 68.3 Å². The van der Waals surface area contributed by atoms with Crippen LogP contribution in [-0.4, -0.2) is 77.8 Å². The Hall–Kier alpha value is -4.48. The Morgan fingerprint density at radius 3 is 2.33 bits per heavy atom. The molecule has 1 fully saturated rings. The lowest BCUT2D eigenvalue weighted by molar-refractivity contribution is 0.0371. The van der Waals surface area contributed by atoms with E-state index in [2.05, 4.69) is 25.8 Å². The molecule has 2 heterocycles. The molecular weight excluding hydrogens is 584 g/mol. The number of aromatic nitrogens is 1. The minimum atomic E-state index is -0.659. The predicted molar refractivity (Wildman–Crippen MR) is 180 cm³/mol. The van der Waals surface area contributed by atoms with Crippen LogP contribution in [0, 0.1) is 6.92 Å². The van der Waals surface area contributed by atoms with Gasteiger partial charge in [0.15, 0.2) is 0 Å². The number of nitrogens with zero attached hydrogens (tertiary/aromatic N) is 3. The van der Waals surface area contributed by atoms with E-state index in [4.69, 9.17) is 9.47 Å². The molecular formula is C35H46N6O5. The third-order valence-corrected chi connectivity index (χ3v) is 7.30. The molecule has 0 bridgehead atoms. The van der Waals surface area contributed by atoms with Crippen LogP contribution < -0.4 is 16.0 Å². The van der Waals surface area contributed by atoms with Crippen molar-refractivity contribution in [3.63, 3.8) is 0 Å². The maximum Gasteiger partial charge on any atom is 0.412 e. The number of carbonyl (C=O) groups excluding carboxylic acids is 3. The standard InChI is InChI=1S/C35H46N6O5/c1-26-11-10-12-28(23-26)37-33(43)41(18-9-5-8-17-40-19-21-45-22-20-40)25-27-15-16-31(36-24-27)32(42)38-29-13-6-7-14-30(29)39-34(44)46-35(2,3)4/h6-7,10-16,23-24H,5,8-9,17-22,25H2,1-4H3,(H,37,43)(H,38,42)(H,39,44). The van der Waals surface area contributed by atoms with Crippen LogP contribution in [0.2, 0.25) is 0 Å². The number of para-hydroxylation sites is 2. The van der Waals surface area contributed by atoms with Gasteiger partial charge in [0.25, 0.3) is 5.91 Å². The van der Waals surface area contributed by atoms with E-state index >= 15 is 0 Å². The molecule has 0 aliphatic carbocycles. The Labute approximate surface area is 271 Å². The molecule has 4 amide bonds. The van der Waals surface area contributed by atoms with Crippen LogP contribution in [0.15, 0.2) is 66.9 Å². The quantitative estimate of drug-likeness (QED) is 0.195. The Morgan fingerprint density at radius 1 is 0.913 bits per heavy atom. The van der Waals surface area contributed by atoms with Crippen molar-refractivity contribution in [3.8, 4) is 0 Å². The molecule has 0 radical (unpaired) electrons. The van der Waals surface area contributed by atoms with E-state index in [9.17, 15) is 14.4 Å². The molecule has 11 heteroatoms. The van der Waals surface area contributed by atoms with Gasteiger partial charge in [0.1, 0.15) is 11.3 Å². The fraction of sp³-hybridized carbons (Fsp3) is 0.429. The number of unbranched alkanes of at least 4 members (excludes halogenated alkanes) is 2. The van der Waals surface area contributed by atoms with Crippen LogP contribution in [0.25, 0.3) is 0 Å². The highest BCUT2D eigenvalue weighted by molar-refractivity contribution is 6.05. The van der Waals surface area contributed by atoms with E-state index in [1.807, 2.05) is 31.2 Å². The molecule has 246 valence electrons. The summed E-state index contributed by atoms with van der Waals surface area (Å²) in [6.45, 7) is 12.8. The second kappa shape index (κ2) is 16.7. The number of benzene rings is 2. The number of hydrogen-bond acceptors (Lipinski definition) is 7. The number of rotatable bonds is 12. The number of hydrogen-bond donors (Lipinski definition) is 3. The van der Waals surface area contributed by atoms with Gasteiger partial charge in [-0.3, -0.25) is 20.0 Å². The van der Waals surface area contributed by atoms with E-state index in [0.717, 1.165) is 68.9 Å². The van der Waals surface area contributed by atoms with Crippen molar-refractivity contribution in [2.45, 2.75) is 59.1 Å². The van der Waals surface area contributed by atoms with Gasteiger partial charge in [-0.05, 0) is 88.5 Å². The summed E-state index contributed by atoms with van der Waals surface area (Å²) < 4.78 is 10.8. The molecule has 3 aromatic rings. The maximum absolute atomic E-state index is 13.4. The van der Waals surface area contributed by atoms with Crippen LogP contribution in [0.4, 0.5) is 26.7 Å².